The Morgan fingerprint density at radius 2 is 1.65 bits per heavy atom. The van der Waals surface area contributed by atoms with Gasteiger partial charge in [0, 0.05) is 0 Å². The van der Waals surface area contributed by atoms with Crippen LogP contribution in [0.2, 0.25) is 0 Å². The summed E-state index contributed by atoms with van der Waals surface area (Å²) in [6.45, 7) is 8.96. The fourth-order valence-corrected chi connectivity index (χ4v) is 9.39. The van der Waals surface area contributed by atoms with Crippen LogP contribution in [0.1, 0.15) is 40.5 Å². The van der Waals surface area contributed by atoms with E-state index in [0.717, 1.165) is 0 Å². The summed E-state index contributed by atoms with van der Waals surface area (Å²) < 4.78 is 25.0. The molecule has 0 aromatic heterocycles. The number of fused-ring (bicyclic) bond motifs is 1. The molecular weight excluding hydrogens is 232 g/mol. The van der Waals surface area contributed by atoms with Crippen LogP contribution in [0, 0.1) is 35.0 Å². The molecule has 3 rings (SSSR count). The highest BCUT2D eigenvalue weighted by Gasteiger charge is 2.71. The third-order valence-corrected chi connectivity index (χ3v) is 8.60. The Kier molecular flexibility index (Phi) is 2.32. The van der Waals surface area contributed by atoms with Gasteiger partial charge in [-0.2, -0.15) is 0 Å². The van der Waals surface area contributed by atoms with E-state index in [9.17, 15) is 8.42 Å². The maximum absolute atomic E-state index is 12.5. The Hall–Kier alpha value is -0.0500. The minimum Gasteiger partial charge on any atom is -0.229 e. The largest absolute Gasteiger partial charge is 0.229 e. The Labute approximate surface area is 105 Å². The van der Waals surface area contributed by atoms with Gasteiger partial charge < -0.3 is 0 Å². The van der Waals surface area contributed by atoms with Crippen molar-refractivity contribution in [3.8, 4) is 0 Å². The number of hydrogen-bond donors (Lipinski definition) is 0. The zero-order valence-corrected chi connectivity index (χ0v) is 12.1. The Bertz CT molecular complexity index is 425. The normalized spacial score (nSPS) is 45.1. The second-order valence-corrected chi connectivity index (χ2v) is 9.32. The van der Waals surface area contributed by atoms with Crippen LogP contribution in [0.15, 0.2) is 0 Å². The summed E-state index contributed by atoms with van der Waals surface area (Å²) in [7, 11) is -2.83. The third kappa shape index (κ3) is 1.20. The summed E-state index contributed by atoms with van der Waals surface area (Å²) >= 11 is 0. The van der Waals surface area contributed by atoms with Crippen LogP contribution in [0.5, 0.6) is 0 Å². The van der Waals surface area contributed by atoms with Crippen LogP contribution < -0.4 is 0 Å². The molecule has 3 fully saturated rings. The predicted octanol–water partition coefficient (Wildman–Crippen LogP) is 2.74. The molecule has 0 aromatic rings. The SMILES string of the molecule is CC(C)C1(C(C)C)C2CC3CS(=O)(=O)C1C3C2. The van der Waals surface area contributed by atoms with Crippen LogP contribution in [0.3, 0.4) is 0 Å². The first kappa shape index (κ1) is 12.0. The monoisotopic (exact) mass is 256 g/mol. The molecule has 1 saturated heterocycles. The standard InChI is InChI=1S/C14H24O2S/c1-8(2)14(9(3)4)11-5-10-7-17(15,16)13(14)12(10)6-11/h8-13H,5-7H2,1-4H3. The lowest BCUT2D eigenvalue weighted by Crippen LogP contribution is -2.49. The van der Waals surface area contributed by atoms with Gasteiger partial charge in [0.25, 0.3) is 0 Å². The lowest BCUT2D eigenvalue weighted by molar-refractivity contribution is 0.0362. The van der Waals surface area contributed by atoms with E-state index in [1.54, 1.807) is 0 Å². The molecule has 1 aliphatic heterocycles. The number of rotatable bonds is 2. The summed E-state index contributed by atoms with van der Waals surface area (Å²) in [6.07, 6.45) is 2.36. The Morgan fingerprint density at radius 3 is 2.18 bits per heavy atom. The summed E-state index contributed by atoms with van der Waals surface area (Å²) in [5.41, 5.74) is 0.0660. The van der Waals surface area contributed by atoms with Gasteiger partial charge in [0.15, 0.2) is 9.84 Å². The lowest BCUT2D eigenvalue weighted by Gasteiger charge is -2.48. The van der Waals surface area contributed by atoms with Crippen molar-refractivity contribution in [2.75, 3.05) is 5.75 Å². The van der Waals surface area contributed by atoms with Crippen LogP contribution in [0.25, 0.3) is 0 Å². The van der Waals surface area contributed by atoms with Gasteiger partial charge >= 0.3 is 0 Å². The van der Waals surface area contributed by atoms with E-state index >= 15 is 0 Å². The minimum atomic E-state index is -2.83. The quantitative estimate of drug-likeness (QED) is 0.761. The number of sulfone groups is 1. The van der Waals surface area contributed by atoms with Crippen LogP contribution in [-0.4, -0.2) is 19.4 Å². The minimum absolute atomic E-state index is 0.0150. The molecule has 3 aliphatic rings. The molecule has 2 bridgehead atoms. The van der Waals surface area contributed by atoms with Crippen molar-refractivity contribution in [2.45, 2.75) is 45.8 Å². The summed E-state index contributed by atoms with van der Waals surface area (Å²) in [6, 6.07) is 0. The van der Waals surface area contributed by atoms with Crippen LogP contribution in [0.4, 0.5) is 0 Å². The van der Waals surface area contributed by atoms with E-state index in [1.165, 1.54) is 12.8 Å². The Balaban J connectivity index is 2.18. The predicted molar refractivity (Wildman–Crippen MR) is 69.4 cm³/mol. The first-order valence-electron chi connectivity index (χ1n) is 7.03. The summed E-state index contributed by atoms with van der Waals surface area (Å²) in [4.78, 5) is 0. The van der Waals surface area contributed by atoms with E-state index in [0.29, 0.717) is 35.3 Å². The van der Waals surface area contributed by atoms with E-state index in [4.69, 9.17) is 0 Å². The smallest absolute Gasteiger partial charge is 0.154 e. The molecule has 98 valence electrons. The summed E-state index contributed by atoms with van der Waals surface area (Å²) in [5, 5.41) is -0.0150. The molecule has 2 nitrogen and oxygen atoms in total. The van der Waals surface area contributed by atoms with Gasteiger partial charge in [-0.05, 0) is 47.8 Å². The molecule has 17 heavy (non-hydrogen) atoms. The average molecular weight is 256 g/mol. The highest BCUT2D eigenvalue weighted by molar-refractivity contribution is 7.92. The molecular formula is C14H24O2S. The fourth-order valence-electron chi connectivity index (χ4n) is 5.98. The zero-order valence-electron chi connectivity index (χ0n) is 11.3. The Morgan fingerprint density at radius 1 is 1.06 bits per heavy atom. The second-order valence-electron chi connectivity index (χ2n) is 7.15. The van der Waals surface area contributed by atoms with Gasteiger partial charge in [-0.25, -0.2) is 8.42 Å². The van der Waals surface area contributed by atoms with E-state index in [2.05, 4.69) is 27.7 Å². The molecule has 0 radical (unpaired) electrons. The highest BCUT2D eigenvalue weighted by Crippen LogP contribution is 2.69. The van der Waals surface area contributed by atoms with Crippen molar-refractivity contribution in [3.63, 3.8) is 0 Å². The fraction of sp³-hybridized carbons (Fsp3) is 1.00. The second kappa shape index (κ2) is 3.28. The van der Waals surface area contributed by atoms with Gasteiger partial charge in [-0.1, -0.05) is 27.7 Å². The van der Waals surface area contributed by atoms with Crippen molar-refractivity contribution in [2.24, 2.45) is 35.0 Å². The highest BCUT2D eigenvalue weighted by atomic mass is 32.2. The van der Waals surface area contributed by atoms with Crippen molar-refractivity contribution in [1.82, 2.24) is 0 Å². The third-order valence-electron chi connectivity index (χ3n) is 6.17. The van der Waals surface area contributed by atoms with Gasteiger partial charge in [0.2, 0.25) is 0 Å². The number of hydrogen-bond acceptors (Lipinski definition) is 2. The maximum atomic E-state index is 12.5. The molecule has 2 saturated carbocycles. The molecule has 0 N–H and O–H groups in total. The maximum Gasteiger partial charge on any atom is 0.154 e. The van der Waals surface area contributed by atoms with E-state index in [-0.39, 0.29) is 10.7 Å². The average Bonchev–Trinajstić information content (AvgIpc) is 2.73. The lowest BCUT2D eigenvalue weighted by atomic mass is 9.58. The zero-order chi connectivity index (χ0) is 12.6. The molecule has 0 amide bonds. The van der Waals surface area contributed by atoms with Crippen molar-refractivity contribution in [1.29, 1.82) is 0 Å². The molecule has 0 spiro atoms. The molecule has 0 aromatic carbocycles. The van der Waals surface area contributed by atoms with E-state index < -0.39 is 9.84 Å². The van der Waals surface area contributed by atoms with E-state index in [1.807, 2.05) is 0 Å². The first-order valence-corrected chi connectivity index (χ1v) is 8.75. The molecule has 1 heterocycles. The summed E-state index contributed by atoms with van der Waals surface area (Å²) in [5.74, 6) is 3.11. The van der Waals surface area contributed by atoms with Gasteiger partial charge in [-0.3, -0.25) is 0 Å². The molecule has 4 unspecified atom stereocenters. The van der Waals surface area contributed by atoms with Gasteiger partial charge in [0.05, 0.1) is 11.0 Å². The van der Waals surface area contributed by atoms with Crippen LogP contribution >= 0.6 is 0 Å². The van der Waals surface area contributed by atoms with Gasteiger partial charge in [-0.15, -0.1) is 0 Å². The topological polar surface area (TPSA) is 34.1 Å². The van der Waals surface area contributed by atoms with Crippen molar-refractivity contribution < 1.29 is 8.42 Å². The van der Waals surface area contributed by atoms with Crippen LogP contribution in [-0.2, 0) is 9.84 Å². The van der Waals surface area contributed by atoms with Crippen molar-refractivity contribution >= 4 is 9.84 Å². The molecule has 3 heteroatoms. The van der Waals surface area contributed by atoms with Gasteiger partial charge in [0.1, 0.15) is 0 Å². The molecule has 2 aliphatic carbocycles. The first-order chi connectivity index (χ1) is 7.81. The molecule has 4 atom stereocenters. The van der Waals surface area contributed by atoms with Crippen molar-refractivity contribution in [3.05, 3.63) is 0 Å².